The second kappa shape index (κ2) is 12.1. The lowest BCUT2D eigenvalue weighted by atomic mass is 9.82. The minimum atomic E-state index is -0.0952. The normalized spacial score (nSPS) is 13.1. The number of anilines is 3. The van der Waals surface area contributed by atoms with Gasteiger partial charge in [-0.3, -0.25) is 0 Å². The molecule has 1 aromatic heterocycles. The Hall–Kier alpha value is -6.90. The van der Waals surface area contributed by atoms with Crippen molar-refractivity contribution in [1.29, 1.82) is 0 Å². The third-order valence-electron chi connectivity index (χ3n) is 11.9. The average molecular weight is 703 g/mol. The average Bonchev–Trinajstić information content (AvgIpc) is 3.68. The first-order valence-corrected chi connectivity index (χ1v) is 19.2. The summed E-state index contributed by atoms with van der Waals surface area (Å²) in [6.45, 7) is 4.71. The van der Waals surface area contributed by atoms with E-state index in [1.165, 1.54) is 82.4 Å². The summed E-state index contributed by atoms with van der Waals surface area (Å²) in [5.74, 6) is 0. The topological polar surface area (TPSA) is 8.17 Å². The van der Waals surface area contributed by atoms with Gasteiger partial charge < -0.3 is 9.47 Å². The highest BCUT2D eigenvalue weighted by molar-refractivity contribution is 6.10. The van der Waals surface area contributed by atoms with Gasteiger partial charge in [0.2, 0.25) is 0 Å². The lowest BCUT2D eigenvalue weighted by molar-refractivity contribution is 0.660. The summed E-state index contributed by atoms with van der Waals surface area (Å²) in [5, 5.41) is 7.51. The number of nitrogens with zero attached hydrogens (tertiary/aromatic N) is 2. The third-order valence-corrected chi connectivity index (χ3v) is 11.9. The Bertz CT molecular complexity index is 3110. The fourth-order valence-corrected chi connectivity index (χ4v) is 9.16. The maximum atomic E-state index is 2.43. The van der Waals surface area contributed by atoms with Crippen LogP contribution in [0.2, 0.25) is 0 Å². The molecule has 2 nitrogen and oxygen atoms in total. The first kappa shape index (κ1) is 31.6. The quantitative estimate of drug-likeness (QED) is 0.162. The van der Waals surface area contributed by atoms with Gasteiger partial charge in [0.25, 0.3) is 0 Å². The van der Waals surface area contributed by atoms with Gasteiger partial charge in [-0.25, -0.2) is 0 Å². The van der Waals surface area contributed by atoms with Crippen molar-refractivity contribution in [3.63, 3.8) is 0 Å². The summed E-state index contributed by atoms with van der Waals surface area (Å²) in [4.78, 5) is 2.43. The second-order valence-corrected chi connectivity index (χ2v) is 15.4. The highest BCUT2D eigenvalue weighted by Crippen LogP contribution is 2.51. The van der Waals surface area contributed by atoms with Crippen LogP contribution in [0.1, 0.15) is 25.0 Å². The Kier molecular flexibility index (Phi) is 6.93. The monoisotopic (exact) mass is 702 g/mol. The van der Waals surface area contributed by atoms with Crippen molar-refractivity contribution >= 4 is 60.4 Å². The molecule has 0 fully saturated rings. The molecule has 1 heterocycles. The number of aromatic nitrogens is 1. The number of para-hydroxylation sites is 2. The zero-order chi connectivity index (χ0) is 36.7. The molecule has 55 heavy (non-hydrogen) atoms. The molecule has 10 aromatic rings. The van der Waals surface area contributed by atoms with Gasteiger partial charge in [-0.15, -0.1) is 0 Å². The molecule has 0 N–H and O–H groups in total. The van der Waals surface area contributed by atoms with Crippen LogP contribution in [0.3, 0.4) is 0 Å². The van der Waals surface area contributed by atoms with Crippen LogP contribution in [-0.4, -0.2) is 4.57 Å². The van der Waals surface area contributed by atoms with E-state index in [0.717, 1.165) is 17.1 Å². The zero-order valence-electron chi connectivity index (χ0n) is 30.9. The maximum absolute atomic E-state index is 2.43. The Morgan fingerprint density at radius 1 is 0.382 bits per heavy atom. The highest BCUT2D eigenvalue weighted by atomic mass is 15.1. The van der Waals surface area contributed by atoms with Crippen LogP contribution in [0.15, 0.2) is 194 Å². The largest absolute Gasteiger partial charge is 0.310 e. The molecule has 0 saturated carbocycles. The van der Waals surface area contributed by atoms with Crippen molar-refractivity contribution in [2.45, 2.75) is 19.3 Å². The van der Waals surface area contributed by atoms with Crippen LogP contribution < -0.4 is 4.90 Å². The van der Waals surface area contributed by atoms with E-state index in [9.17, 15) is 0 Å². The fourth-order valence-electron chi connectivity index (χ4n) is 9.16. The predicted molar refractivity (Wildman–Crippen MR) is 233 cm³/mol. The molecule has 1 aliphatic rings. The second-order valence-electron chi connectivity index (χ2n) is 15.4. The molecule has 0 amide bonds. The van der Waals surface area contributed by atoms with E-state index in [0.29, 0.717) is 0 Å². The summed E-state index contributed by atoms with van der Waals surface area (Å²) in [7, 11) is 0. The van der Waals surface area contributed by atoms with Gasteiger partial charge in [-0.1, -0.05) is 129 Å². The minimum Gasteiger partial charge on any atom is -0.310 e. The van der Waals surface area contributed by atoms with E-state index >= 15 is 0 Å². The third kappa shape index (κ3) is 4.95. The van der Waals surface area contributed by atoms with Crippen LogP contribution in [0.25, 0.3) is 71.3 Å². The van der Waals surface area contributed by atoms with Gasteiger partial charge in [0.15, 0.2) is 0 Å². The van der Waals surface area contributed by atoms with Crippen molar-refractivity contribution in [1.82, 2.24) is 4.57 Å². The molecule has 0 atom stereocenters. The molecule has 1 aliphatic carbocycles. The Morgan fingerprint density at radius 3 is 1.82 bits per heavy atom. The number of rotatable bonds is 5. The number of hydrogen-bond acceptors (Lipinski definition) is 1. The Balaban J connectivity index is 1.04. The van der Waals surface area contributed by atoms with Crippen molar-refractivity contribution in [3.8, 4) is 27.9 Å². The summed E-state index contributed by atoms with van der Waals surface area (Å²) in [6.07, 6.45) is 0. The Labute approximate surface area is 321 Å². The van der Waals surface area contributed by atoms with E-state index in [1.54, 1.807) is 0 Å². The Morgan fingerprint density at radius 2 is 0.982 bits per heavy atom. The predicted octanol–water partition coefficient (Wildman–Crippen LogP) is 14.5. The van der Waals surface area contributed by atoms with E-state index in [2.05, 4.69) is 217 Å². The van der Waals surface area contributed by atoms with Crippen LogP contribution in [0.5, 0.6) is 0 Å². The molecule has 0 radical (unpaired) electrons. The van der Waals surface area contributed by atoms with Crippen LogP contribution >= 0.6 is 0 Å². The molecule has 0 spiro atoms. The number of benzene rings is 9. The van der Waals surface area contributed by atoms with Crippen LogP contribution in [0.4, 0.5) is 17.1 Å². The van der Waals surface area contributed by atoms with Crippen molar-refractivity contribution < 1.29 is 0 Å². The van der Waals surface area contributed by atoms with Crippen molar-refractivity contribution in [2.75, 3.05) is 4.90 Å². The van der Waals surface area contributed by atoms with Crippen molar-refractivity contribution in [2.24, 2.45) is 0 Å². The maximum Gasteiger partial charge on any atom is 0.0541 e. The molecule has 11 rings (SSSR count). The van der Waals surface area contributed by atoms with Gasteiger partial charge >= 0.3 is 0 Å². The molecule has 0 aliphatic heterocycles. The summed E-state index contributed by atoms with van der Waals surface area (Å²) < 4.78 is 2.37. The molecule has 0 saturated heterocycles. The lowest BCUT2D eigenvalue weighted by Gasteiger charge is -2.28. The first-order chi connectivity index (χ1) is 27.0. The molecule has 9 aromatic carbocycles. The van der Waals surface area contributed by atoms with Crippen LogP contribution in [0, 0.1) is 0 Å². The summed E-state index contributed by atoms with van der Waals surface area (Å²) in [6, 6.07) is 71.5. The summed E-state index contributed by atoms with van der Waals surface area (Å²) >= 11 is 0. The molecule has 0 unspecified atom stereocenters. The highest BCUT2D eigenvalue weighted by Gasteiger charge is 2.35. The van der Waals surface area contributed by atoms with Gasteiger partial charge in [0.1, 0.15) is 0 Å². The molecule has 0 bridgehead atoms. The smallest absolute Gasteiger partial charge is 0.0541 e. The lowest BCUT2D eigenvalue weighted by Crippen LogP contribution is -2.16. The van der Waals surface area contributed by atoms with E-state index in [-0.39, 0.29) is 5.41 Å². The van der Waals surface area contributed by atoms with E-state index in [4.69, 9.17) is 0 Å². The minimum absolute atomic E-state index is 0.0952. The molecule has 2 heteroatoms. The number of fused-ring (bicyclic) bond motifs is 8. The van der Waals surface area contributed by atoms with Gasteiger partial charge in [0, 0.05) is 38.9 Å². The van der Waals surface area contributed by atoms with E-state index in [1.807, 2.05) is 0 Å². The fraction of sp³-hybridized carbons (Fsp3) is 0.0566. The van der Waals surface area contributed by atoms with Gasteiger partial charge in [0.05, 0.1) is 11.0 Å². The molecular formula is C53H38N2. The van der Waals surface area contributed by atoms with Crippen LogP contribution in [-0.2, 0) is 5.41 Å². The van der Waals surface area contributed by atoms with Gasteiger partial charge in [-0.2, -0.15) is 0 Å². The molecule has 260 valence electrons. The standard InChI is InChI=1S/C53H38N2/c1-53(2)49-18-10-8-16-45(49)46-28-27-44(34-50(46)53)54(43-26-22-38-30-36-12-6-7-13-37(36)31-40(38)32-43)42-24-20-35(21-25-42)39-23-29-52-48(33-39)47-17-9-11-19-51(47)55(52)41-14-4-3-5-15-41/h3-34H,1-2H3. The zero-order valence-corrected chi connectivity index (χ0v) is 30.9. The SMILES string of the molecule is CC1(C)c2ccccc2-c2ccc(N(c3ccc(-c4ccc5c(c4)c4ccccc4n5-c4ccccc4)cc3)c3ccc4cc5ccccc5cc4c3)cc21. The summed E-state index contributed by atoms with van der Waals surface area (Å²) in [5.41, 5.74) is 14.7. The molecular weight excluding hydrogens is 665 g/mol. The first-order valence-electron chi connectivity index (χ1n) is 19.2. The van der Waals surface area contributed by atoms with Gasteiger partial charge in [-0.05, 0) is 134 Å². The van der Waals surface area contributed by atoms with Crippen molar-refractivity contribution in [3.05, 3.63) is 205 Å². The van der Waals surface area contributed by atoms with E-state index < -0.39 is 0 Å². The number of hydrogen-bond donors (Lipinski definition) is 0.